The number of aromatic nitrogens is 3. The summed E-state index contributed by atoms with van der Waals surface area (Å²) in [5.41, 5.74) is 3.08. The highest BCUT2D eigenvalue weighted by Crippen LogP contribution is 2.34. The summed E-state index contributed by atoms with van der Waals surface area (Å²) >= 11 is 7.83. The van der Waals surface area contributed by atoms with Crippen LogP contribution in [-0.4, -0.2) is 29.2 Å². The second kappa shape index (κ2) is 9.84. The standard InChI is InChI=1S/C23H22ClN5O2S/c1-14-20(16-6-10-18(31-3)11-7-16)32-23(27-14)29-22-26-13-19(24)21(28-22)25-12-15-4-8-17(30-2)9-5-15/h4-11,13H,12H2,1-3H3,(H2,25,26,27,28,29). The van der Waals surface area contributed by atoms with Crippen LogP contribution < -0.4 is 20.1 Å². The molecule has 0 amide bonds. The zero-order chi connectivity index (χ0) is 22.5. The van der Waals surface area contributed by atoms with Crippen molar-refractivity contribution in [3.05, 3.63) is 71.0 Å². The van der Waals surface area contributed by atoms with Gasteiger partial charge in [0.1, 0.15) is 16.5 Å². The lowest BCUT2D eigenvalue weighted by Gasteiger charge is -2.09. The second-order valence-corrected chi connectivity index (χ2v) is 8.29. The van der Waals surface area contributed by atoms with Crippen LogP contribution in [0.25, 0.3) is 10.4 Å². The van der Waals surface area contributed by atoms with Crippen LogP contribution in [0.4, 0.5) is 16.9 Å². The summed E-state index contributed by atoms with van der Waals surface area (Å²) in [6.07, 6.45) is 1.57. The maximum absolute atomic E-state index is 6.29. The fraction of sp³-hybridized carbons (Fsp3) is 0.174. The van der Waals surface area contributed by atoms with Crippen LogP contribution in [0.15, 0.2) is 54.7 Å². The summed E-state index contributed by atoms with van der Waals surface area (Å²) in [5.74, 6) is 2.59. The van der Waals surface area contributed by atoms with Crippen LogP contribution in [0.1, 0.15) is 11.3 Å². The van der Waals surface area contributed by atoms with E-state index in [0.717, 1.165) is 33.2 Å². The first-order valence-corrected chi connectivity index (χ1v) is 11.0. The number of ether oxygens (including phenoxy) is 2. The van der Waals surface area contributed by atoms with E-state index in [9.17, 15) is 0 Å². The van der Waals surface area contributed by atoms with Gasteiger partial charge in [-0.15, -0.1) is 0 Å². The minimum atomic E-state index is 0.418. The van der Waals surface area contributed by atoms with Crippen LogP contribution in [-0.2, 0) is 6.54 Å². The van der Waals surface area contributed by atoms with Crippen molar-refractivity contribution in [1.29, 1.82) is 0 Å². The Kier molecular flexibility index (Phi) is 6.72. The molecule has 32 heavy (non-hydrogen) atoms. The number of thiazole rings is 1. The van der Waals surface area contributed by atoms with E-state index in [2.05, 4.69) is 25.6 Å². The molecule has 0 radical (unpaired) electrons. The molecule has 4 rings (SSSR count). The van der Waals surface area contributed by atoms with E-state index in [1.807, 2.05) is 55.5 Å². The highest BCUT2D eigenvalue weighted by molar-refractivity contribution is 7.19. The van der Waals surface area contributed by atoms with Crippen LogP contribution in [0.5, 0.6) is 11.5 Å². The molecule has 2 aromatic carbocycles. The van der Waals surface area contributed by atoms with E-state index < -0.39 is 0 Å². The quantitative estimate of drug-likeness (QED) is 0.332. The Hall–Kier alpha value is -3.36. The third-order valence-corrected chi connectivity index (χ3v) is 6.13. The Morgan fingerprint density at radius 3 is 2.25 bits per heavy atom. The van der Waals surface area contributed by atoms with Gasteiger partial charge in [0.05, 0.1) is 31.0 Å². The van der Waals surface area contributed by atoms with Gasteiger partial charge in [-0.1, -0.05) is 35.1 Å². The van der Waals surface area contributed by atoms with Crippen LogP contribution >= 0.6 is 22.9 Å². The molecule has 164 valence electrons. The molecule has 0 saturated heterocycles. The van der Waals surface area contributed by atoms with Crippen molar-refractivity contribution in [2.24, 2.45) is 0 Å². The van der Waals surface area contributed by atoms with Gasteiger partial charge in [-0.05, 0) is 54.4 Å². The number of anilines is 3. The first-order valence-electron chi connectivity index (χ1n) is 9.84. The number of methoxy groups -OCH3 is 2. The molecule has 0 spiro atoms. The van der Waals surface area contributed by atoms with E-state index in [4.69, 9.17) is 21.1 Å². The maximum Gasteiger partial charge on any atom is 0.231 e. The van der Waals surface area contributed by atoms with Crippen molar-refractivity contribution in [2.45, 2.75) is 13.5 Å². The third-order valence-electron chi connectivity index (χ3n) is 4.73. The molecule has 2 aromatic heterocycles. The van der Waals surface area contributed by atoms with Crippen molar-refractivity contribution in [2.75, 3.05) is 24.9 Å². The van der Waals surface area contributed by atoms with Crippen LogP contribution in [0, 0.1) is 6.92 Å². The number of halogens is 1. The van der Waals surface area contributed by atoms with Crippen molar-refractivity contribution in [3.63, 3.8) is 0 Å². The number of benzene rings is 2. The summed E-state index contributed by atoms with van der Waals surface area (Å²) < 4.78 is 10.4. The fourth-order valence-electron chi connectivity index (χ4n) is 3.04. The van der Waals surface area contributed by atoms with Gasteiger partial charge in [0, 0.05) is 6.54 Å². The molecule has 7 nitrogen and oxygen atoms in total. The maximum atomic E-state index is 6.29. The minimum Gasteiger partial charge on any atom is -0.497 e. The van der Waals surface area contributed by atoms with Crippen molar-refractivity contribution in [1.82, 2.24) is 15.0 Å². The molecule has 0 saturated carbocycles. The van der Waals surface area contributed by atoms with Crippen molar-refractivity contribution < 1.29 is 9.47 Å². The summed E-state index contributed by atoms with van der Waals surface area (Å²) in [4.78, 5) is 14.5. The molecule has 2 heterocycles. The largest absolute Gasteiger partial charge is 0.497 e. The zero-order valence-corrected chi connectivity index (χ0v) is 19.4. The Morgan fingerprint density at radius 2 is 1.59 bits per heavy atom. The SMILES string of the molecule is COc1ccc(CNc2nc(Nc3nc(C)c(-c4ccc(OC)cc4)s3)ncc2Cl)cc1. The van der Waals surface area contributed by atoms with Gasteiger partial charge in [-0.2, -0.15) is 4.98 Å². The van der Waals surface area contributed by atoms with Crippen molar-refractivity contribution in [3.8, 4) is 21.9 Å². The molecule has 4 aromatic rings. The average Bonchev–Trinajstić information content (AvgIpc) is 3.19. The molecular weight excluding hydrogens is 446 g/mol. The van der Waals surface area contributed by atoms with E-state index in [1.54, 1.807) is 20.4 Å². The molecule has 0 atom stereocenters. The van der Waals surface area contributed by atoms with Gasteiger partial charge in [-0.3, -0.25) is 5.32 Å². The van der Waals surface area contributed by atoms with E-state index in [0.29, 0.717) is 28.5 Å². The second-order valence-electron chi connectivity index (χ2n) is 6.88. The average molecular weight is 468 g/mol. The molecule has 2 N–H and O–H groups in total. The number of nitrogens with one attached hydrogen (secondary N) is 2. The lowest BCUT2D eigenvalue weighted by atomic mass is 10.1. The van der Waals surface area contributed by atoms with Gasteiger partial charge in [0.2, 0.25) is 5.95 Å². The predicted octanol–water partition coefficient (Wildman–Crippen LogP) is 5.93. The van der Waals surface area contributed by atoms with E-state index in [-0.39, 0.29) is 0 Å². The van der Waals surface area contributed by atoms with Gasteiger partial charge < -0.3 is 14.8 Å². The summed E-state index contributed by atoms with van der Waals surface area (Å²) in [5, 5.41) is 7.59. The predicted molar refractivity (Wildman–Crippen MR) is 129 cm³/mol. The van der Waals surface area contributed by atoms with E-state index >= 15 is 0 Å². The zero-order valence-electron chi connectivity index (χ0n) is 17.8. The molecular formula is C23H22ClN5O2S. The van der Waals surface area contributed by atoms with Gasteiger partial charge in [0.15, 0.2) is 10.9 Å². The Morgan fingerprint density at radius 1 is 0.938 bits per heavy atom. The van der Waals surface area contributed by atoms with Crippen LogP contribution in [0.2, 0.25) is 5.02 Å². The van der Waals surface area contributed by atoms with Gasteiger partial charge >= 0.3 is 0 Å². The fourth-order valence-corrected chi connectivity index (χ4v) is 4.16. The lowest BCUT2D eigenvalue weighted by Crippen LogP contribution is -2.05. The lowest BCUT2D eigenvalue weighted by molar-refractivity contribution is 0.414. The Balaban J connectivity index is 1.47. The Labute approximate surface area is 195 Å². The van der Waals surface area contributed by atoms with Crippen LogP contribution in [0.3, 0.4) is 0 Å². The minimum absolute atomic E-state index is 0.418. The third kappa shape index (κ3) is 5.09. The highest BCUT2D eigenvalue weighted by atomic mass is 35.5. The molecule has 0 aliphatic carbocycles. The molecule has 9 heteroatoms. The molecule has 0 bridgehead atoms. The molecule has 0 aliphatic heterocycles. The summed E-state index contributed by atoms with van der Waals surface area (Å²) in [6, 6.07) is 15.7. The molecule has 0 unspecified atom stereocenters. The van der Waals surface area contributed by atoms with Gasteiger partial charge in [-0.25, -0.2) is 9.97 Å². The molecule has 0 aliphatic rings. The number of hydrogen-bond acceptors (Lipinski definition) is 8. The Bertz CT molecular complexity index is 1200. The number of nitrogens with zero attached hydrogens (tertiary/aromatic N) is 3. The molecule has 0 fully saturated rings. The van der Waals surface area contributed by atoms with Crippen molar-refractivity contribution >= 4 is 39.8 Å². The van der Waals surface area contributed by atoms with E-state index in [1.165, 1.54) is 11.3 Å². The number of rotatable bonds is 8. The monoisotopic (exact) mass is 467 g/mol. The topological polar surface area (TPSA) is 81.2 Å². The smallest absolute Gasteiger partial charge is 0.231 e. The summed E-state index contributed by atoms with van der Waals surface area (Å²) in [7, 11) is 3.30. The first kappa shape index (κ1) is 21.9. The first-order chi connectivity index (χ1) is 15.6. The van der Waals surface area contributed by atoms with Gasteiger partial charge in [0.25, 0.3) is 0 Å². The number of hydrogen-bond donors (Lipinski definition) is 2. The number of aryl methyl sites for hydroxylation is 1. The summed E-state index contributed by atoms with van der Waals surface area (Å²) in [6.45, 7) is 2.55. The normalized spacial score (nSPS) is 10.6. The highest BCUT2D eigenvalue weighted by Gasteiger charge is 2.12.